The second-order valence-electron chi connectivity index (χ2n) is 5.43. The number of carbonyl (C=O) groups is 2. The average Bonchev–Trinajstić information content (AvgIpc) is 2.44. The van der Waals surface area contributed by atoms with Crippen molar-refractivity contribution in [2.45, 2.75) is 45.4 Å². The van der Waals surface area contributed by atoms with E-state index in [9.17, 15) is 19.8 Å². The van der Waals surface area contributed by atoms with Gasteiger partial charge in [0, 0.05) is 17.9 Å². The van der Waals surface area contributed by atoms with Crippen LogP contribution >= 0.6 is 0 Å². The van der Waals surface area contributed by atoms with Crippen LogP contribution in [0, 0.1) is 11.8 Å². The van der Waals surface area contributed by atoms with Gasteiger partial charge < -0.3 is 19.8 Å². The smallest absolute Gasteiger partial charge is 0.0448 e. The summed E-state index contributed by atoms with van der Waals surface area (Å²) in [6.07, 6.45) is 2.90. The first-order valence-electron chi connectivity index (χ1n) is 7.49. The largest absolute Gasteiger partial charge is 0.550 e. The maximum atomic E-state index is 11.4. The van der Waals surface area contributed by atoms with Crippen molar-refractivity contribution in [3.8, 4) is 0 Å². The van der Waals surface area contributed by atoms with Crippen molar-refractivity contribution >= 4 is 11.9 Å². The fourth-order valence-corrected chi connectivity index (χ4v) is 2.75. The lowest BCUT2D eigenvalue weighted by Crippen LogP contribution is -2.37. The Morgan fingerprint density at radius 1 is 1.10 bits per heavy atom. The Kier molecular flexibility index (Phi) is 7.51. The van der Waals surface area contributed by atoms with E-state index in [0.717, 1.165) is 18.4 Å². The zero-order valence-electron chi connectivity index (χ0n) is 12.4. The van der Waals surface area contributed by atoms with Gasteiger partial charge in [-0.05, 0) is 43.6 Å². The first-order chi connectivity index (χ1) is 10.0. The van der Waals surface area contributed by atoms with Crippen molar-refractivity contribution in [1.29, 1.82) is 0 Å². The van der Waals surface area contributed by atoms with Crippen molar-refractivity contribution in [1.82, 2.24) is 0 Å². The summed E-state index contributed by atoms with van der Waals surface area (Å²) >= 11 is 0. The molecule has 0 amide bonds. The van der Waals surface area contributed by atoms with Gasteiger partial charge in [0.05, 0.1) is 0 Å². The van der Waals surface area contributed by atoms with Gasteiger partial charge in [-0.25, -0.2) is 0 Å². The molecule has 4 nitrogen and oxygen atoms in total. The first-order valence-corrected chi connectivity index (χ1v) is 7.49. The SMILES string of the molecule is CCCC(Cc1ccccc1)C(CCCC(=O)[O-])C(=O)[O-]. The maximum absolute atomic E-state index is 11.4. The highest BCUT2D eigenvalue weighted by Gasteiger charge is 2.22. The van der Waals surface area contributed by atoms with Gasteiger partial charge in [0.25, 0.3) is 0 Å². The summed E-state index contributed by atoms with van der Waals surface area (Å²) in [4.78, 5) is 21.9. The van der Waals surface area contributed by atoms with E-state index < -0.39 is 17.9 Å². The highest BCUT2D eigenvalue weighted by Crippen LogP contribution is 2.26. The van der Waals surface area contributed by atoms with Gasteiger partial charge in [0.1, 0.15) is 0 Å². The van der Waals surface area contributed by atoms with Gasteiger partial charge in [-0.2, -0.15) is 0 Å². The van der Waals surface area contributed by atoms with Crippen LogP contribution in [-0.4, -0.2) is 11.9 Å². The van der Waals surface area contributed by atoms with Gasteiger partial charge in [-0.1, -0.05) is 43.7 Å². The predicted molar refractivity (Wildman–Crippen MR) is 75.9 cm³/mol. The van der Waals surface area contributed by atoms with E-state index in [1.54, 1.807) is 0 Å². The van der Waals surface area contributed by atoms with Crippen molar-refractivity contribution in [3.05, 3.63) is 35.9 Å². The number of carboxylic acid groups (broad SMARTS) is 2. The lowest BCUT2D eigenvalue weighted by atomic mass is 9.81. The topological polar surface area (TPSA) is 80.3 Å². The van der Waals surface area contributed by atoms with Crippen LogP contribution < -0.4 is 10.2 Å². The Morgan fingerprint density at radius 3 is 2.29 bits per heavy atom. The number of aliphatic carboxylic acids is 2. The number of rotatable bonds is 10. The molecule has 0 aliphatic carbocycles. The summed E-state index contributed by atoms with van der Waals surface area (Å²) in [7, 11) is 0. The number of hydrogen-bond acceptors (Lipinski definition) is 4. The predicted octanol–water partition coefficient (Wildman–Crippen LogP) is 0.932. The van der Waals surface area contributed by atoms with E-state index in [0.29, 0.717) is 19.3 Å². The summed E-state index contributed by atoms with van der Waals surface area (Å²) in [6.45, 7) is 2.02. The molecule has 0 bridgehead atoms. The molecule has 21 heavy (non-hydrogen) atoms. The minimum Gasteiger partial charge on any atom is -0.550 e. The highest BCUT2D eigenvalue weighted by atomic mass is 16.4. The van der Waals surface area contributed by atoms with Crippen molar-refractivity contribution < 1.29 is 19.8 Å². The molecule has 0 N–H and O–H groups in total. The summed E-state index contributed by atoms with van der Waals surface area (Å²) in [5, 5.41) is 21.9. The molecular weight excluding hydrogens is 268 g/mol. The van der Waals surface area contributed by atoms with Crippen LogP contribution in [0.25, 0.3) is 0 Å². The molecule has 2 atom stereocenters. The molecule has 4 heteroatoms. The minimum atomic E-state index is -1.14. The van der Waals surface area contributed by atoms with Crippen LogP contribution in [0.2, 0.25) is 0 Å². The Balaban J connectivity index is 2.72. The van der Waals surface area contributed by atoms with Gasteiger partial charge in [0.2, 0.25) is 0 Å². The lowest BCUT2D eigenvalue weighted by molar-refractivity contribution is -0.315. The molecular formula is C17H22O4-2. The van der Waals surface area contributed by atoms with Crippen LogP contribution in [0.5, 0.6) is 0 Å². The number of benzene rings is 1. The van der Waals surface area contributed by atoms with Crippen molar-refractivity contribution in [3.63, 3.8) is 0 Å². The fourth-order valence-electron chi connectivity index (χ4n) is 2.75. The number of hydrogen-bond donors (Lipinski definition) is 0. The number of carbonyl (C=O) groups excluding carboxylic acids is 2. The zero-order valence-corrected chi connectivity index (χ0v) is 12.4. The van der Waals surface area contributed by atoms with Crippen LogP contribution in [0.4, 0.5) is 0 Å². The van der Waals surface area contributed by atoms with E-state index >= 15 is 0 Å². The number of carboxylic acids is 2. The molecule has 0 aromatic heterocycles. The van der Waals surface area contributed by atoms with Crippen molar-refractivity contribution in [2.75, 3.05) is 0 Å². The quantitative estimate of drug-likeness (QED) is 0.642. The third kappa shape index (κ3) is 6.43. The normalized spacial score (nSPS) is 13.6. The van der Waals surface area contributed by atoms with Crippen LogP contribution in [0.1, 0.15) is 44.6 Å². The molecule has 1 rings (SSSR count). The standard InChI is InChI=1S/C17H24O4/c1-2-7-14(12-13-8-4-3-5-9-13)15(17(20)21)10-6-11-16(18)19/h3-5,8-9,14-15H,2,6-7,10-12H2,1H3,(H,18,19)(H,20,21)/p-2. The zero-order chi connectivity index (χ0) is 15.7. The molecule has 0 radical (unpaired) electrons. The van der Waals surface area contributed by atoms with E-state index in [-0.39, 0.29) is 12.3 Å². The monoisotopic (exact) mass is 290 g/mol. The van der Waals surface area contributed by atoms with E-state index in [2.05, 4.69) is 0 Å². The van der Waals surface area contributed by atoms with Gasteiger partial charge in [-0.15, -0.1) is 0 Å². The first kappa shape index (κ1) is 17.2. The minimum absolute atomic E-state index is 0.0239. The van der Waals surface area contributed by atoms with Crippen molar-refractivity contribution in [2.24, 2.45) is 11.8 Å². The van der Waals surface area contributed by atoms with Crippen LogP contribution in [0.3, 0.4) is 0 Å². The molecule has 0 fully saturated rings. The molecule has 1 aromatic carbocycles. The molecule has 116 valence electrons. The van der Waals surface area contributed by atoms with E-state index in [4.69, 9.17) is 0 Å². The molecule has 1 aromatic rings. The second kappa shape index (κ2) is 9.16. The molecule has 0 heterocycles. The Labute approximate surface area is 125 Å². The molecule has 0 aliphatic rings. The van der Waals surface area contributed by atoms with E-state index in [1.165, 1.54) is 0 Å². The maximum Gasteiger partial charge on any atom is 0.0448 e. The van der Waals surface area contributed by atoms with Gasteiger partial charge in [0.15, 0.2) is 0 Å². The summed E-state index contributed by atoms with van der Waals surface area (Å²) in [6, 6.07) is 9.76. The molecule has 0 aliphatic heterocycles. The lowest BCUT2D eigenvalue weighted by Gasteiger charge is -2.28. The third-order valence-electron chi connectivity index (χ3n) is 3.77. The van der Waals surface area contributed by atoms with Crippen LogP contribution in [-0.2, 0) is 16.0 Å². The van der Waals surface area contributed by atoms with Crippen LogP contribution in [0.15, 0.2) is 30.3 Å². The molecule has 0 saturated heterocycles. The Morgan fingerprint density at radius 2 is 1.76 bits per heavy atom. The summed E-state index contributed by atoms with van der Waals surface area (Å²) in [5.74, 6) is -2.85. The Bertz CT molecular complexity index is 441. The highest BCUT2D eigenvalue weighted by molar-refractivity contribution is 5.68. The van der Waals surface area contributed by atoms with E-state index in [1.807, 2.05) is 37.3 Å². The fraction of sp³-hybridized carbons (Fsp3) is 0.529. The second-order valence-corrected chi connectivity index (χ2v) is 5.43. The average molecular weight is 290 g/mol. The molecule has 0 spiro atoms. The summed E-state index contributed by atoms with van der Waals surface area (Å²) in [5.41, 5.74) is 1.10. The Hall–Kier alpha value is -1.84. The summed E-state index contributed by atoms with van der Waals surface area (Å²) < 4.78 is 0. The molecule has 2 unspecified atom stereocenters. The van der Waals surface area contributed by atoms with Gasteiger partial charge in [-0.3, -0.25) is 0 Å². The van der Waals surface area contributed by atoms with Gasteiger partial charge >= 0.3 is 0 Å². The molecule has 0 saturated carbocycles. The third-order valence-corrected chi connectivity index (χ3v) is 3.77.